The Hall–Kier alpha value is -2.16. The van der Waals surface area contributed by atoms with Crippen LogP contribution in [0.3, 0.4) is 0 Å². The molecule has 0 saturated heterocycles. The second-order valence-electron chi connectivity index (χ2n) is 5.13. The molecule has 0 fully saturated rings. The van der Waals surface area contributed by atoms with Crippen molar-refractivity contribution in [2.24, 2.45) is 0 Å². The van der Waals surface area contributed by atoms with Crippen LogP contribution >= 0.6 is 0 Å². The number of hydrogen-bond acceptors (Lipinski definition) is 1. The fourth-order valence-corrected chi connectivity index (χ4v) is 2.96. The third-order valence-electron chi connectivity index (χ3n) is 3.92. The van der Waals surface area contributed by atoms with Gasteiger partial charge in [0.15, 0.2) is 5.82 Å². The first kappa shape index (κ1) is 10.7. The maximum atomic E-state index is 13.7. The minimum atomic E-state index is -0.254. The molecule has 0 bridgehead atoms. The molecule has 1 aliphatic rings. The normalized spacial score (nSPS) is 15.0. The summed E-state index contributed by atoms with van der Waals surface area (Å²) in [4.78, 5) is 7.71. The summed E-state index contributed by atoms with van der Waals surface area (Å²) in [6.45, 7) is 0. The van der Waals surface area contributed by atoms with Crippen LogP contribution in [-0.4, -0.2) is 9.97 Å². The third-order valence-corrected chi connectivity index (χ3v) is 3.92. The van der Waals surface area contributed by atoms with Crippen molar-refractivity contribution in [2.45, 2.75) is 18.8 Å². The summed E-state index contributed by atoms with van der Waals surface area (Å²) in [6, 6.07) is 13.5. The Morgan fingerprint density at radius 2 is 1.74 bits per heavy atom. The Kier molecular flexibility index (Phi) is 2.21. The van der Waals surface area contributed by atoms with Gasteiger partial charge in [0.05, 0.1) is 5.52 Å². The van der Waals surface area contributed by atoms with Gasteiger partial charge in [-0.05, 0) is 36.1 Å². The van der Waals surface area contributed by atoms with Gasteiger partial charge in [-0.3, -0.25) is 0 Å². The molecule has 0 atom stereocenters. The number of fused-ring (bicyclic) bond motifs is 2. The van der Waals surface area contributed by atoms with Gasteiger partial charge in [0.1, 0.15) is 11.3 Å². The number of imidazole rings is 1. The van der Waals surface area contributed by atoms with E-state index in [1.165, 1.54) is 17.2 Å². The molecule has 0 saturated carbocycles. The zero-order valence-electron chi connectivity index (χ0n) is 10.4. The Bertz CT molecular complexity index is 735. The summed E-state index contributed by atoms with van der Waals surface area (Å²) in [6.07, 6.45) is 1.97. The van der Waals surface area contributed by atoms with Gasteiger partial charge in [-0.25, -0.2) is 9.37 Å². The highest BCUT2D eigenvalue weighted by Gasteiger charge is 2.25. The number of hydrogen-bond donors (Lipinski definition) is 1. The summed E-state index contributed by atoms with van der Waals surface area (Å²) in [5.74, 6) is 0.982. The van der Waals surface area contributed by atoms with Crippen molar-refractivity contribution in [2.75, 3.05) is 0 Å². The van der Waals surface area contributed by atoms with Gasteiger partial charge in [-0.2, -0.15) is 0 Å². The monoisotopic (exact) mass is 252 g/mol. The Morgan fingerprint density at radius 3 is 2.42 bits per heavy atom. The standard InChI is InChI=1S/C16H13FN2/c17-13-6-3-7-14-15(13)19-16(18-14)12-8-10-4-1-2-5-11(10)9-12/h1-7,12H,8-9H2,(H,18,19). The van der Waals surface area contributed by atoms with Crippen molar-refractivity contribution in [3.05, 3.63) is 65.2 Å². The van der Waals surface area contributed by atoms with Crippen molar-refractivity contribution in [3.8, 4) is 0 Å². The van der Waals surface area contributed by atoms with E-state index in [9.17, 15) is 4.39 Å². The number of nitrogens with zero attached hydrogens (tertiary/aromatic N) is 1. The number of aromatic amines is 1. The van der Waals surface area contributed by atoms with Crippen LogP contribution < -0.4 is 0 Å². The van der Waals surface area contributed by atoms with Crippen molar-refractivity contribution in [3.63, 3.8) is 0 Å². The summed E-state index contributed by atoms with van der Waals surface area (Å²) in [5, 5.41) is 0. The van der Waals surface area contributed by atoms with Gasteiger partial charge in [0.25, 0.3) is 0 Å². The molecule has 0 radical (unpaired) electrons. The molecular formula is C16H13FN2. The quantitative estimate of drug-likeness (QED) is 0.704. The van der Waals surface area contributed by atoms with E-state index >= 15 is 0 Å². The molecule has 0 spiro atoms. The third kappa shape index (κ3) is 1.65. The van der Waals surface area contributed by atoms with E-state index < -0.39 is 0 Å². The zero-order chi connectivity index (χ0) is 12.8. The molecule has 3 heteroatoms. The van der Waals surface area contributed by atoms with Gasteiger partial charge in [0, 0.05) is 5.92 Å². The van der Waals surface area contributed by atoms with E-state index in [-0.39, 0.29) is 5.82 Å². The zero-order valence-corrected chi connectivity index (χ0v) is 10.4. The Morgan fingerprint density at radius 1 is 1.00 bits per heavy atom. The summed E-state index contributed by atoms with van der Waals surface area (Å²) >= 11 is 0. The second kappa shape index (κ2) is 3.92. The lowest BCUT2D eigenvalue weighted by atomic mass is 10.1. The minimum Gasteiger partial charge on any atom is -0.342 e. The second-order valence-corrected chi connectivity index (χ2v) is 5.13. The van der Waals surface area contributed by atoms with Crippen molar-refractivity contribution in [1.82, 2.24) is 9.97 Å². The van der Waals surface area contributed by atoms with Gasteiger partial charge in [0.2, 0.25) is 0 Å². The lowest BCUT2D eigenvalue weighted by molar-refractivity contribution is 0.635. The topological polar surface area (TPSA) is 28.7 Å². The number of H-pyrrole nitrogens is 1. The van der Waals surface area contributed by atoms with Crippen molar-refractivity contribution in [1.29, 1.82) is 0 Å². The van der Waals surface area contributed by atoms with Crippen LogP contribution in [0.25, 0.3) is 11.0 Å². The van der Waals surface area contributed by atoms with Crippen molar-refractivity contribution >= 4 is 11.0 Å². The number of nitrogens with one attached hydrogen (secondary N) is 1. The highest BCUT2D eigenvalue weighted by atomic mass is 19.1. The SMILES string of the molecule is Fc1cccc2[nH]c(C3Cc4ccccc4C3)nc12. The molecule has 0 amide bonds. The molecular weight excluding hydrogens is 239 g/mol. The first-order chi connectivity index (χ1) is 9.31. The van der Waals surface area contributed by atoms with Crippen LogP contribution in [0.5, 0.6) is 0 Å². The molecule has 1 aromatic heterocycles. The fourth-order valence-electron chi connectivity index (χ4n) is 2.96. The molecule has 4 rings (SSSR count). The fraction of sp³-hybridized carbons (Fsp3) is 0.188. The molecule has 2 aromatic carbocycles. The van der Waals surface area contributed by atoms with E-state index in [4.69, 9.17) is 0 Å². The lowest BCUT2D eigenvalue weighted by Crippen LogP contribution is -2.00. The molecule has 0 aliphatic heterocycles. The maximum absolute atomic E-state index is 13.7. The number of para-hydroxylation sites is 1. The number of rotatable bonds is 1. The summed E-state index contributed by atoms with van der Waals surface area (Å²) in [5.41, 5.74) is 4.00. The van der Waals surface area contributed by atoms with Crippen LogP contribution in [0, 0.1) is 5.82 Å². The van der Waals surface area contributed by atoms with Gasteiger partial charge < -0.3 is 4.98 Å². The largest absolute Gasteiger partial charge is 0.342 e. The van der Waals surface area contributed by atoms with E-state index in [0.717, 1.165) is 24.2 Å². The molecule has 19 heavy (non-hydrogen) atoms. The van der Waals surface area contributed by atoms with Crippen LogP contribution in [0.15, 0.2) is 42.5 Å². The summed E-state index contributed by atoms with van der Waals surface area (Å²) in [7, 11) is 0. The van der Waals surface area contributed by atoms with Crippen LogP contribution in [0.1, 0.15) is 22.9 Å². The van der Waals surface area contributed by atoms with Gasteiger partial charge >= 0.3 is 0 Å². The average Bonchev–Trinajstić information content (AvgIpc) is 3.02. The Balaban J connectivity index is 1.75. The van der Waals surface area contributed by atoms with E-state index in [2.05, 4.69) is 34.2 Å². The van der Waals surface area contributed by atoms with Gasteiger partial charge in [-0.15, -0.1) is 0 Å². The highest BCUT2D eigenvalue weighted by Crippen LogP contribution is 2.33. The van der Waals surface area contributed by atoms with Crippen molar-refractivity contribution < 1.29 is 4.39 Å². The predicted octanol–water partition coefficient (Wildman–Crippen LogP) is 3.58. The molecule has 0 unspecified atom stereocenters. The van der Waals surface area contributed by atoms with E-state index in [1.807, 2.05) is 6.07 Å². The molecule has 94 valence electrons. The van der Waals surface area contributed by atoms with Crippen LogP contribution in [0.2, 0.25) is 0 Å². The van der Waals surface area contributed by atoms with E-state index in [0.29, 0.717) is 11.4 Å². The lowest BCUT2D eigenvalue weighted by Gasteiger charge is -2.03. The molecule has 1 aliphatic carbocycles. The number of aromatic nitrogens is 2. The molecule has 3 aromatic rings. The smallest absolute Gasteiger partial charge is 0.151 e. The maximum Gasteiger partial charge on any atom is 0.151 e. The molecule has 1 heterocycles. The average molecular weight is 252 g/mol. The summed E-state index contributed by atoms with van der Waals surface area (Å²) < 4.78 is 13.7. The first-order valence-corrected chi connectivity index (χ1v) is 6.52. The molecule has 2 nitrogen and oxygen atoms in total. The van der Waals surface area contributed by atoms with Crippen LogP contribution in [-0.2, 0) is 12.8 Å². The van der Waals surface area contributed by atoms with Gasteiger partial charge in [-0.1, -0.05) is 30.3 Å². The molecule has 1 N–H and O–H groups in total. The predicted molar refractivity (Wildman–Crippen MR) is 72.6 cm³/mol. The first-order valence-electron chi connectivity index (χ1n) is 6.52. The van der Waals surface area contributed by atoms with Crippen LogP contribution in [0.4, 0.5) is 4.39 Å². The minimum absolute atomic E-state index is 0.254. The number of halogens is 1. The number of benzene rings is 2. The highest BCUT2D eigenvalue weighted by molar-refractivity contribution is 5.75. The Labute approximate surface area is 110 Å². The van der Waals surface area contributed by atoms with E-state index in [1.54, 1.807) is 6.07 Å².